The maximum atomic E-state index is 10.0. The number of nitrogens with zero attached hydrogens (tertiary/aromatic N) is 2. The Morgan fingerprint density at radius 1 is 1.28 bits per heavy atom. The molecule has 18 heavy (non-hydrogen) atoms. The Kier molecular flexibility index (Phi) is 4.75. The Labute approximate surface area is 110 Å². The maximum absolute atomic E-state index is 10.0. The molecule has 1 fully saturated rings. The van der Waals surface area contributed by atoms with Crippen LogP contribution in [0.5, 0.6) is 0 Å². The summed E-state index contributed by atoms with van der Waals surface area (Å²) in [5.41, 5.74) is 1.36. The monoisotopic (exact) mass is 248 g/mol. The molecular formula is C15H24N2O. The first-order valence-electron chi connectivity index (χ1n) is 6.74. The smallest absolute Gasteiger partial charge is 0.0605 e. The van der Waals surface area contributed by atoms with E-state index in [-0.39, 0.29) is 6.10 Å². The van der Waals surface area contributed by atoms with Crippen LogP contribution in [0.3, 0.4) is 0 Å². The van der Waals surface area contributed by atoms with Crippen molar-refractivity contribution in [2.45, 2.75) is 19.1 Å². The first-order chi connectivity index (χ1) is 8.65. The molecule has 3 heteroatoms. The highest BCUT2D eigenvalue weighted by Gasteiger charge is 2.27. The molecule has 1 aromatic carbocycles. The fourth-order valence-corrected chi connectivity index (χ4v) is 2.73. The van der Waals surface area contributed by atoms with Crippen LogP contribution in [0.25, 0.3) is 0 Å². The zero-order chi connectivity index (χ0) is 13.0. The number of likely N-dealkylation sites (tertiary alicyclic amines) is 1. The van der Waals surface area contributed by atoms with E-state index in [2.05, 4.69) is 54.2 Å². The van der Waals surface area contributed by atoms with Crippen molar-refractivity contribution in [2.24, 2.45) is 5.92 Å². The van der Waals surface area contributed by atoms with Crippen molar-refractivity contribution < 1.29 is 5.11 Å². The number of piperidine rings is 1. The molecule has 3 nitrogen and oxygen atoms in total. The van der Waals surface area contributed by atoms with Gasteiger partial charge in [0.1, 0.15) is 0 Å². The van der Waals surface area contributed by atoms with Crippen LogP contribution in [0.15, 0.2) is 30.3 Å². The lowest BCUT2D eigenvalue weighted by Gasteiger charge is -2.37. The molecule has 0 amide bonds. The zero-order valence-electron chi connectivity index (χ0n) is 11.4. The van der Waals surface area contributed by atoms with E-state index in [1.807, 2.05) is 0 Å². The van der Waals surface area contributed by atoms with E-state index in [4.69, 9.17) is 0 Å². The van der Waals surface area contributed by atoms with Crippen molar-refractivity contribution in [3.05, 3.63) is 35.9 Å². The van der Waals surface area contributed by atoms with Gasteiger partial charge in [0.25, 0.3) is 0 Å². The largest absolute Gasteiger partial charge is 0.393 e. The van der Waals surface area contributed by atoms with Gasteiger partial charge >= 0.3 is 0 Å². The topological polar surface area (TPSA) is 26.7 Å². The van der Waals surface area contributed by atoms with Crippen molar-refractivity contribution in [2.75, 3.05) is 33.7 Å². The summed E-state index contributed by atoms with van der Waals surface area (Å²) < 4.78 is 0. The zero-order valence-corrected chi connectivity index (χ0v) is 11.4. The summed E-state index contributed by atoms with van der Waals surface area (Å²) in [5.74, 6) is 0.373. The van der Waals surface area contributed by atoms with Crippen molar-refractivity contribution in [1.82, 2.24) is 9.80 Å². The number of benzene rings is 1. The van der Waals surface area contributed by atoms with Crippen LogP contribution in [0.4, 0.5) is 0 Å². The van der Waals surface area contributed by atoms with Crippen LogP contribution in [0.2, 0.25) is 0 Å². The molecule has 0 aliphatic carbocycles. The van der Waals surface area contributed by atoms with Crippen LogP contribution in [-0.4, -0.2) is 54.7 Å². The van der Waals surface area contributed by atoms with Crippen LogP contribution in [-0.2, 0) is 6.54 Å². The van der Waals surface area contributed by atoms with E-state index in [0.717, 1.165) is 32.6 Å². The van der Waals surface area contributed by atoms with Gasteiger partial charge < -0.3 is 10.0 Å². The van der Waals surface area contributed by atoms with Crippen LogP contribution in [0, 0.1) is 5.92 Å². The summed E-state index contributed by atoms with van der Waals surface area (Å²) in [6, 6.07) is 10.6. The summed E-state index contributed by atoms with van der Waals surface area (Å²) in [7, 11) is 4.14. The van der Waals surface area contributed by atoms with Crippen molar-refractivity contribution >= 4 is 0 Å². The highest BCUT2D eigenvalue weighted by Crippen LogP contribution is 2.19. The van der Waals surface area contributed by atoms with Gasteiger partial charge in [-0.3, -0.25) is 4.90 Å². The maximum Gasteiger partial charge on any atom is 0.0605 e. The normalized spacial score (nSPS) is 25.6. The first kappa shape index (κ1) is 13.5. The molecule has 1 aliphatic rings. The van der Waals surface area contributed by atoms with E-state index < -0.39 is 0 Å². The standard InChI is InChI=1S/C15H24N2O/c1-16(2)11-14-12-17(9-8-15(14)18)10-13-6-4-3-5-7-13/h3-7,14-15,18H,8-12H2,1-2H3. The number of aliphatic hydroxyl groups excluding tert-OH is 1. The minimum atomic E-state index is -0.139. The van der Waals surface area contributed by atoms with Gasteiger partial charge in [0.05, 0.1) is 6.10 Å². The van der Waals surface area contributed by atoms with E-state index in [9.17, 15) is 5.11 Å². The average Bonchev–Trinajstić information content (AvgIpc) is 2.34. The number of rotatable bonds is 4. The van der Waals surface area contributed by atoms with E-state index in [1.165, 1.54) is 5.56 Å². The Hall–Kier alpha value is -0.900. The molecule has 100 valence electrons. The minimum absolute atomic E-state index is 0.139. The molecule has 0 saturated carbocycles. The third-order valence-corrected chi connectivity index (χ3v) is 3.63. The number of aliphatic hydroxyl groups is 1. The van der Waals surface area contributed by atoms with Crippen molar-refractivity contribution in [3.63, 3.8) is 0 Å². The van der Waals surface area contributed by atoms with E-state index >= 15 is 0 Å². The van der Waals surface area contributed by atoms with Gasteiger partial charge in [-0.2, -0.15) is 0 Å². The van der Waals surface area contributed by atoms with Crippen LogP contribution in [0.1, 0.15) is 12.0 Å². The summed E-state index contributed by atoms with van der Waals surface area (Å²) >= 11 is 0. The molecule has 1 N–H and O–H groups in total. The molecule has 1 aromatic rings. The first-order valence-corrected chi connectivity index (χ1v) is 6.74. The molecule has 2 atom stereocenters. The Morgan fingerprint density at radius 2 is 2.00 bits per heavy atom. The van der Waals surface area contributed by atoms with Gasteiger partial charge in [-0.15, -0.1) is 0 Å². The lowest BCUT2D eigenvalue weighted by Crippen LogP contribution is -2.46. The Morgan fingerprint density at radius 3 is 2.67 bits per heavy atom. The molecular weight excluding hydrogens is 224 g/mol. The second-order valence-electron chi connectivity index (χ2n) is 5.60. The summed E-state index contributed by atoms with van der Waals surface area (Å²) in [5, 5.41) is 10.0. The second-order valence-corrected chi connectivity index (χ2v) is 5.60. The lowest BCUT2D eigenvalue weighted by molar-refractivity contribution is 0.0131. The van der Waals surface area contributed by atoms with Gasteiger partial charge in [0, 0.05) is 32.1 Å². The van der Waals surface area contributed by atoms with Gasteiger partial charge in [-0.25, -0.2) is 0 Å². The van der Waals surface area contributed by atoms with Gasteiger partial charge in [0.15, 0.2) is 0 Å². The molecule has 0 bridgehead atoms. The fourth-order valence-electron chi connectivity index (χ4n) is 2.73. The van der Waals surface area contributed by atoms with Crippen molar-refractivity contribution in [1.29, 1.82) is 0 Å². The molecule has 1 aliphatic heterocycles. The highest BCUT2D eigenvalue weighted by molar-refractivity contribution is 5.14. The molecule has 2 unspecified atom stereocenters. The molecule has 0 radical (unpaired) electrons. The molecule has 1 saturated heterocycles. The summed E-state index contributed by atoms with van der Waals surface area (Å²) in [6.45, 7) is 3.96. The summed E-state index contributed by atoms with van der Waals surface area (Å²) in [4.78, 5) is 4.62. The predicted octanol–water partition coefficient (Wildman–Crippen LogP) is 1.43. The van der Waals surface area contributed by atoms with Gasteiger partial charge in [0.2, 0.25) is 0 Å². The molecule has 0 spiro atoms. The quantitative estimate of drug-likeness (QED) is 0.873. The average molecular weight is 248 g/mol. The number of hydrogen-bond donors (Lipinski definition) is 1. The van der Waals surface area contributed by atoms with Crippen LogP contribution < -0.4 is 0 Å². The Balaban J connectivity index is 1.91. The van der Waals surface area contributed by atoms with Gasteiger partial charge in [-0.05, 0) is 26.1 Å². The predicted molar refractivity (Wildman–Crippen MR) is 74.4 cm³/mol. The SMILES string of the molecule is CN(C)CC1CN(Cc2ccccc2)CCC1O. The highest BCUT2D eigenvalue weighted by atomic mass is 16.3. The third kappa shape index (κ3) is 3.80. The van der Waals surface area contributed by atoms with E-state index in [1.54, 1.807) is 0 Å². The fraction of sp³-hybridized carbons (Fsp3) is 0.600. The number of hydrogen-bond acceptors (Lipinski definition) is 3. The van der Waals surface area contributed by atoms with E-state index in [0.29, 0.717) is 5.92 Å². The summed E-state index contributed by atoms with van der Waals surface area (Å²) in [6.07, 6.45) is 0.755. The molecule has 0 aromatic heterocycles. The Bertz CT molecular complexity index is 353. The third-order valence-electron chi connectivity index (χ3n) is 3.63. The minimum Gasteiger partial charge on any atom is -0.393 e. The molecule has 2 rings (SSSR count). The lowest BCUT2D eigenvalue weighted by atomic mass is 9.94. The van der Waals surface area contributed by atoms with Gasteiger partial charge in [-0.1, -0.05) is 30.3 Å². The second kappa shape index (κ2) is 6.32. The van der Waals surface area contributed by atoms with Crippen molar-refractivity contribution in [3.8, 4) is 0 Å². The molecule has 1 heterocycles. The van der Waals surface area contributed by atoms with Crippen LogP contribution >= 0.6 is 0 Å².